The number of para-hydroxylation sites is 1. The van der Waals surface area contributed by atoms with Crippen LogP contribution in [0.15, 0.2) is 29.3 Å². The monoisotopic (exact) mass is 246 g/mol. The number of nitrogens with zero attached hydrogens (tertiary/aromatic N) is 2. The second kappa shape index (κ2) is 4.44. The van der Waals surface area contributed by atoms with Crippen LogP contribution in [-0.4, -0.2) is 43.5 Å². The van der Waals surface area contributed by atoms with Crippen molar-refractivity contribution in [2.75, 3.05) is 26.3 Å². The average molecular weight is 246 g/mol. The van der Waals surface area contributed by atoms with Gasteiger partial charge in [0, 0.05) is 24.9 Å². The predicted octanol–water partition coefficient (Wildman–Crippen LogP) is 0.174. The van der Waals surface area contributed by atoms with Crippen LogP contribution >= 0.6 is 0 Å². The molecular formula is C13H18N4O. The highest BCUT2D eigenvalue weighted by Crippen LogP contribution is 2.36. The number of benzene rings is 1. The van der Waals surface area contributed by atoms with E-state index in [-0.39, 0.29) is 6.04 Å². The van der Waals surface area contributed by atoms with Crippen molar-refractivity contribution < 1.29 is 4.74 Å². The average Bonchev–Trinajstić information content (AvgIpc) is 2.44. The maximum atomic E-state index is 6.64. The summed E-state index contributed by atoms with van der Waals surface area (Å²) in [4.78, 5) is 6.58. The number of morpholine rings is 1. The fraction of sp³-hybridized carbons (Fsp3) is 0.462. The van der Waals surface area contributed by atoms with Gasteiger partial charge in [0.15, 0.2) is 0 Å². The minimum Gasteiger partial charge on any atom is -0.379 e. The first-order chi connectivity index (χ1) is 8.73. The lowest BCUT2D eigenvalue weighted by Crippen LogP contribution is -2.66. The van der Waals surface area contributed by atoms with Gasteiger partial charge < -0.3 is 16.2 Å². The SMILES string of the molecule is NC1C=Nc2ccccc2C1(N)N1CCOCC1. The lowest BCUT2D eigenvalue weighted by atomic mass is 9.87. The van der Waals surface area contributed by atoms with Gasteiger partial charge >= 0.3 is 0 Å². The molecule has 0 aromatic heterocycles. The van der Waals surface area contributed by atoms with Gasteiger partial charge in [0.25, 0.3) is 0 Å². The summed E-state index contributed by atoms with van der Waals surface area (Å²) in [7, 11) is 0. The van der Waals surface area contributed by atoms with E-state index in [0.717, 1.165) is 24.3 Å². The van der Waals surface area contributed by atoms with Crippen molar-refractivity contribution in [3.63, 3.8) is 0 Å². The lowest BCUT2D eigenvalue weighted by Gasteiger charge is -2.47. The molecule has 0 spiro atoms. The highest BCUT2D eigenvalue weighted by molar-refractivity contribution is 5.76. The zero-order valence-electron chi connectivity index (χ0n) is 10.2. The van der Waals surface area contributed by atoms with Crippen molar-refractivity contribution in [3.8, 4) is 0 Å². The van der Waals surface area contributed by atoms with Crippen LogP contribution in [0.3, 0.4) is 0 Å². The van der Waals surface area contributed by atoms with Gasteiger partial charge in [0.05, 0.1) is 24.9 Å². The molecule has 5 heteroatoms. The summed E-state index contributed by atoms with van der Waals surface area (Å²) in [6.45, 7) is 2.99. The Hall–Kier alpha value is -1.27. The Kier molecular flexibility index (Phi) is 2.91. The first kappa shape index (κ1) is 11.8. The molecule has 96 valence electrons. The van der Waals surface area contributed by atoms with Crippen LogP contribution in [-0.2, 0) is 10.4 Å². The standard InChI is InChI=1S/C13H18N4O/c14-12-9-16-11-4-2-1-3-10(11)13(12,15)17-5-7-18-8-6-17/h1-4,9,12H,5-8,14-15H2. The quantitative estimate of drug-likeness (QED) is 0.740. The number of hydrogen-bond acceptors (Lipinski definition) is 5. The third-order valence-electron chi connectivity index (χ3n) is 3.75. The fourth-order valence-corrected chi connectivity index (χ4v) is 2.69. The molecule has 2 aliphatic rings. The third-order valence-corrected chi connectivity index (χ3v) is 3.75. The Morgan fingerprint density at radius 3 is 2.78 bits per heavy atom. The Morgan fingerprint density at radius 1 is 1.28 bits per heavy atom. The van der Waals surface area contributed by atoms with Crippen LogP contribution in [0.2, 0.25) is 0 Å². The van der Waals surface area contributed by atoms with E-state index >= 15 is 0 Å². The molecule has 2 atom stereocenters. The number of nitrogens with two attached hydrogens (primary N) is 2. The molecule has 2 aliphatic heterocycles. The van der Waals surface area contributed by atoms with Crippen molar-refractivity contribution in [3.05, 3.63) is 29.8 Å². The second-order valence-corrected chi connectivity index (χ2v) is 4.75. The normalized spacial score (nSPS) is 32.2. The molecule has 0 aliphatic carbocycles. The van der Waals surface area contributed by atoms with Gasteiger partial charge in [-0.05, 0) is 6.07 Å². The van der Waals surface area contributed by atoms with E-state index in [0.29, 0.717) is 13.2 Å². The number of aliphatic imine (C=N–C) groups is 1. The smallest absolute Gasteiger partial charge is 0.118 e. The highest BCUT2D eigenvalue weighted by Gasteiger charge is 2.43. The minimum absolute atomic E-state index is 0.300. The summed E-state index contributed by atoms with van der Waals surface area (Å²) >= 11 is 0. The number of ether oxygens (including phenoxy) is 1. The van der Waals surface area contributed by atoms with Gasteiger partial charge in [-0.25, -0.2) is 0 Å². The summed E-state index contributed by atoms with van der Waals surface area (Å²) in [5.74, 6) is 0. The Labute approximate surface area is 106 Å². The second-order valence-electron chi connectivity index (χ2n) is 4.75. The van der Waals surface area contributed by atoms with Gasteiger partial charge in [-0.2, -0.15) is 0 Å². The zero-order chi connectivity index (χ0) is 12.6. The predicted molar refractivity (Wildman–Crippen MR) is 70.8 cm³/mol. The summed E-state index contributed by atoms with van der Waals surface area (Å²) in [6.07, 6.45) is 1.75. The van der Waals surface area contributed by atoms with Crippen LogP contribution in [0, 0.1) is 0 Å². The van der Waals surface area contributed by atoms with Crippen molar-refractivity contribution in [2.24, 2.45) is 16.5 Å². The number of fused-ring (bicyclic) bond motifs is 1. The molecule has 0 bridgehead atoms. The van der Waals surface area contributed by atoms with Crippen LogP contribution < -0.4 is 11.5 Å². The first-order valence-electron chi connectivity index (χ1n) is 6.24. The number of hydrogen-bond donors (Lipinski definition) is 2. The molecule has 0 radical (unpaired) electrons. The van der Waals surface area contributed by atoms with Crippen LogP contribution in [0.25, 0.3) is 0 Å². The van der Waals surface area contributed by atoms with Crippen molar-refractivity contribution in [1.82, 2.24) is 4.90 Å². The van der Waals surface area contributed by atoms with Gasteiger partial charge in [-0.1, -0.05) is 18.2 Å². The molecular weight excluding hydrogens is 228 g/mol. The maximum absolute atomic E-state index is 6.64. The Bertz CT molecular complexity index is 470. The van der Waals surface area contributed by atoms with Gasteiger partial charge in [-0.15, -0.1) is 0 Å². The largest absolute Gasteiger partial charge is 0.379 e. The summed E-state index contributed by atoms with van der Waals surface area (Å²) in [6, 6.07) is 7.63. The molecule has 0 saturated carbocycles. The van der Waals surface area contributed by atoms with Gasteiger partial charge in [-0.3, -0.25) is 9.89 Å². The molecule has 1 saturated heterocycles. The van der Waals surface area contributed by atoms with Crippen LogP contribution in [0.5, 0.6) is 0 Å². The molecule has 0 amide bonds. The van der Waals surface area contributed by atoms with E-state index in [1.165, 1.54) is 0 Å². The number of rotatable bonds is 1. The summed E-state index contributed by atoms with van der Waals surface area (Å²) < 4.78 is 5.39. The Balaban J connectivity index is 2.05. The van der Waals surface area contributed by atoms with E-state index in [9.17, 15) is 0 Å². The van der Waals surface area contributed by atoms with Gasteiger partial charge in [0.1, 0.15) is 5.66 Å². The molecule has 1 aromatic carbocycles. The maximum Gasteiger partial charge on any atom is 0.118 e. The van der Waals surface area contributed by atoms with Gasteiger partial charge in [0.2, 0.25) is 0 Å². The zero-order valence-corrected chi connectivity index (χ0v) is 10.2. The van der Waals surface area contributed by atoms with E-state index in [4.69, 9.17) is 16.2 Å². The lowest BCUT2D eigenvalue weighted by molar-refractivity contribution is -0.0259. The summed E-state index contributed by atoms with van der Waals surface area (Å²) in [5, 5.41) is 0. The fourth-order valence-electron chi connectivity index (χ4n) is 2.69. The summed E-state index contributed by atoms with van der Waals surface area (Å²) in [5.41, 5.74) is 14.1. The van der Waals surface area contributed by atoms with Crippen LogP contribution in [0.4, 0.5) is 5.69 Å². The van der Waals surface area contributed by atoms with E-state index in [1.807, 2.05) is 24.3 Å². The van der Waals surface area contributed by atoms with Crippen molar-refractivity contribution >= 4 is 11.9 Å². The molecule has 1 fully saturated rings. The van der Waals surface area contributed by atoms with Crippen molar-refractivity contribution in [1.29, 1.82) is 0 Å². The first-order valence-corrected chi connectivity index (χ1v) is 6.24. The molecule has 5 nitrogen and oxygen atoms in total. The van der Waals surface area contributed by atoms with Crippen molar-refractivity contribution in [2.45, 2.75) is 11.7 Å². The van der Waals surface area contributed by atoms with E-state index in [2.05, 4.69) is 9.89 Å². The molecule has 2 heterocycles. The van der Waals surface area contributed by atoms with Crippen LogP contribution in [0.1, 0.15) is 5.56 Å². The molecule has 1 aromatic rings. The molecule has 3 rings (SSSR count). The van der Waals surface area contributed by atoms with E-state index in [1.54, 1.807) is 6.21 Å². The van der Waals surface area contributed by atoms with E-state index < -0.39 is 5.66 Å². The minimum atomic E-state index is -0.678. The molecule has 4 N–H and O–H groups in total. The molecule has 2 unspecified atom stereocenters. The third kappa shape index (κ3) is 1.67. The topological polar surface area (TPSA) is 76.9 Å². The molecule has 18 heavy (non-hydrogen) atoms. The Morgan fingerprint density at radius 2 is 2.00 bits per heavy atom. The highest BCUT2D eigenvalue weighted by atomic mass is 16.5.